The molecule has 2 amide bonds. The molecule has 3 saturated carbocycles. The fourth-order valence-corrected chi connectivity index (χ4v) is 7.96. The van der Waals surface area contributed by atoms with Gasteiger partial charge in [0.15, 0.2) is 14.9 Å². The smallest absolute Gasteiger partial charge is 0.255 e. The van der Waals surface area contributed by atoms with Crippen LogP contribution in [-0.4, -0.2) is 46.9 Å². The van der Waals surface area contributed by atoms with E-state index in [2.05, 4.69) is 4.98 Å². The number of aromatic nitrogens is 1. The Labute approximate surface area is 211 Å². The third kappa shape index (κ3) is 3.55. The van der Waals surface area contributed by atoms with Crippen molar-refractivity contribution in [3.8, 4) is 0 Å². The number of rotatable bonds is 7. The van der Waals surface area contributed by atoms with Crippen LogP contribution in [-0.2, 0) is 14.6 Å². The molecule has 0 spiro atoms. The minimum atomic E-state index is -3.65. The van der Waals surface area contributed by atoms with Gasteiger partial charge >= 0.3 is 0 Å². The third-order valence-electron chi connectivity index (χ3n) is 8.18. The summed E-state index contributed by atoms with van der Waals surface area (Å²) in [6.07, 6.45) is 4.77. The van der Waals surface area contributed by atoms with Gasteiger partial charge in [-0.3, -0.25) is 9.59 Å². The number of amides is 2. The van der Waals surface area contributed by atoms with Crippen LogP contribution < -0.4 is 5.73 Å². The van der Waals surface area contributed by atoms with Gasteiger partial charge in [0.1, 0.15) is 17.7 Å². The second-order valence-corrected chi connectivity index (χ2v) is 13.0. The van der Waals surface area contributed by atoms with E-state index in [0.717, 1.165) is 25.0 Å². The van der Waals surface area contributed by atoms with Gasteiger partial charge in [0, 0.05) is 17.7 Å². The van der Waals surface area contributed by atoms with Crippen LogP contribution >= 0.6 is 11.6 Å². The Kier molecular flexibility index (Phi) is 5.25. The molecule has 4 atom stereocenters. The highest BCUT2D eigenvalue weighted by atomic mass is 35.5. The minimum Gasteiger partial charge on any atom is -0.368 e. The first-order valence-electron chi connectivity index (χ1n) is 12.0. The van der Waals surface area contributed by atoms with Crippen LogP contribution in [0.2, 0.25) is 5.02 Å². The highest BCUT2D eigenvalue weighted by Gasteiger charge is 2.73. The van der Waals surface area contributed by atoms with E-state index in [1.807, 2.05) is 0 Å². The highest BCUT2D eigenvalue weighted by molar-refractivity contribution is 7.92. The molecule has 0 radical (unpaired) electrons. The zero-order valence-electron chi connectivity index (χ0n) is 19.2. The van der Waals surface area contributed by atoms with Crippen molar-refractivity contribution in [2.75, 3.05) is 0 Å². The van der Waals surface area contributed by atoms with Gasteiger partial charge in [-0.2, -0.15) is 0 Å². The Hall–Kier alpha value is -2.59. The minimum absolute atomic E-state index is 0.00949. The van der Waals surface area contributed by atoms with Crippen molar-refractivity contribution in [1.82, 2.24) is 9.88 Å². The second kappa shape index (κ2) is 7.95. The first kappa shape index (κ1) is 23.8. The monoisotopic (exact) mass is 535 g/mol. The van der Waals surface area contributed by atoms with Crippen LogP contribution in [0, 0.1) is 23.5 Å². The van der Waals surface area contributed by atoms with E-state index in [4.69, 9.17) is 17.3 Å². The molecule has 36 heavy (non-hydrogen) atoms. The molecular weight excluding hydrogens is 512 g/mol. The fraction of sp³-hybridized carbons (Fsp3) is 0.480. The molecule has 2 aromatic rings. The lowest BCUT2D eigenvalue weighted by molar-refractivity contribution is -0.122. The second-order valence-electron chi connectivity index (χ2n) is 10.5. The molecule has 0 bridgehead atoms. The largest absolute Gasteiger partial charge is 0.368 e. The van der Waals surface area contributed by atoms with Crippen LogP contribution in [0.25, 0.3) is 0 Å². The molecule has 3 aliphatic carbocycles. The quantitative estimate of drug-likeness (QED) is 0.545. The first-order chi connectivity index (χ1) is 17.1. The molecule has 3 unspecified atom stereocenters. The van der Waals surface area contributed by atoms with Crippen molar-refractivity contribution in [2.45, 2.75) is 66.3 Å². The summed E-state index contributed by atoms with van der Waals surface area (Å²) in [5, 5.41) is -1.01. The zero-order valence-corrected chi connectivity index (χ0v) is 20.7. The number of carbonyl (C=O) groups excluding carboxylic acids is 2. The van der Waals surface area contributed by atoms with Crippen LogP contribution in [0.4, 0.5) is 8.78 Å². The summed E-state index contributed by atoms with van der Waals surface area (Å²) in [7, 11) is -3.65. The average Bonchev–Trinajstić information content (AvgIpc) is 3.71. The van der Waals surface area contributed by atoms with Crippen LogP contribution in [0.1, 0.15) is 60.4 Å². The molecule has 4 fully saturated rings. The van der Waals surface area contributed by atoms with E-state index < -0.39 is 56.0 Å². The van der Waals surface area contributed by atoms with E-state index in [1.165, 1.54) is 23.2 Å². The van der Waals surface area contributed by atoms with Crippen molar-refractivity contribution in [1.29, 1.82) is 0 Å². The number of sulfone groups is 1. The molecule has 1 saturated heterocycles. The summed E-state index contributed by atoms with van der Waals surface area (Å²) < 4.78 is 55.1. The molecule has 6 rings (SSSR count). The molecule has 4 aliphatic rings. The standard InChI is InChI=1S/C25H24ClF2N3O4S/c26-17-10-18(27)16(9-19(17)28)22(12-1-2-12)25-11-14(25)8-20(23(29)32)31(25)24(33)13-5-6-30-21(7-13)36(34,35)15-3-4-15/h5-7,9-10,12,14-15,20,22H,1-4,8,11H2,(H2,29,32)/t14?,20?,22-,25?/m1/s1. The Bertz CT molecular complexity index is 1410. The molecule has 11 heteroatoms. The average molecular weight is 536 g/mol. The maximum Gasteiger partial charge on any atom is 0.255 e. The molecule has 2 heterocycles. The molecular formula is C25H24ClF2N3O4S. The molecule has 2 N–H and O–H groups in total. The predicted molar refractivity (Wildman–Crippen MR) is 126 cm³/mol. The Morgan fingerprint density at radius 2 is 1.86 bits per heavy atom. The van der Waals surface area contributed by atoms with Gasteiger partial charge in [-0.05, 0) is 80.2 Å². The predicted octanol–water partition coefficient (Wildman–Crippen LogP) is 3.60. The summed E-state index contributed by atoms with van der Waals surface area (Å²) in [6.45, 7) is 0. The number of hydrogen-bond donors (Lipinski definition) is 1. The zero-order chi connectivity index (χ0) is 25.6. The topological polar surface area (TPSA) is 110 Å². The van der Waals surface area contributed by atoms with E-state index in [0.29, 0.717) is 25.7 Å². The van der Waals surface area contributed by atoms with Crippen molar-refractivity contribution in [3.63, 3.8) is 0 Å². The molecule has 1 aromatic heterocycles. The summed E-state index contributed by atoms with van der Waals surface area (Å²) in [6, 6.07) is 3.75. The maximum absolute atomic E-state index is 15.2. The number of hydrogen-bond acceptors (Lipinski definition) is 5. The van der Waals surface area contributed by atoms with Gasteiger partial charge in [0.25, 0.3) is 5.91 Å². The lowest BCUT2D eigenvalue weighted by atomic mass is 9.82. The van der Waals surface area contributed by atoms with Crippen LogP contribution in [0.3, 0.4) is 0 Å². The lowest BCUT2D eigenvalue weighted by Gasteiger charge is -2.39. The number of nitrogens with two attached hydrogens (primary N) is 1. The molecule has 190 valence electrons. The number of pyridine rings is 1. The van der Waals surface area contributed by atoms with Crippen molar-refractivity contribution in [3.05, 3.63) is 58.2 Å². The van der Waals surface area contributed by atoms with Gasteiger partial charge in [-0.1, -0.05) is 11.6 Å². The number of piperidine rings is 1. The van der Waals surface area contributed by atoms with E-state index in [-0.39, 0.29) is 33.0 Å². The highest BCUT2D eigenvalue weighted by Crippen LogP contribution is 2.69. The summed E-state index contributed by atoms with van der Waals surface area (Å²) >= 11 is 5.80. The summed E-state index contributed by atoms with van der Waals surface area (Å²) in [4.78, 5) is 31.8. The van der Waals surface area contributed by atoms with E-state index >= 15 is 4.39 Å². The number of halogens is 3. The van der Waals surface area contributed by atoms with Gasteiger partial charge in [0.2, 0.25) is 5.91 Å². The first-order valence-corrected chi connectivity index (χ1v) is 14.0. The normalized spacial score (nSPS) is 28.0. The van der Waals surface area contributed by atoms with Crippen LogP contribution in [0.5, 0.6) is 0 Å². The summed E-state index contributed by atoms with van der Waals surface area (Å²) in [5.41, 5.74) is 4.99. The summed E-state index contributed by atoms with van der Waals surface area (Å²) in [5.74, 6) is -3.30. The fourth-order valence-electron chi connectivity index (χ4n) is 6.21. The van der Waals surface area contributed by atoms with Gasteiger partial charge in [0.05, 0.1) is 15.8 Å². The van der Waals surface area contributed by atoms with Gasteiger partial charge in [-0.25, -0.2) is 22.2 Å². The van der Waals surface area contributed by atoms with Gasteiger partial charge < -0.3 is 10.6 Å². The third-order valence-corrected chi connectivity index (χ3v) is 10.6. The molecule has 7 nitrogen and oxygen atoms in total. The van der Waals surface area contributed by atoms with Crippen molar-refractivity contribution in [2.24, 2.45) is 17.6 Å². The van der Waals surface area contributed by atoms with Crippen LogP contribution in [0.15, 0.2) is 35.5 Å². The Morgan fingerprint density at radius 3 is 2.50 bits per heavy atom. The van der Waals surface area contributed by atoms with E-state index in [9.17, 15) is 22.4 Å². The van der Waals surface area contributed by atoms with Crippen molar-refractivity contribution < 1.29 is 26.8 Å². The number of benzene rings is 1. The Balaban J connectivity index is 1.44. The lowest BCUT2D eigenvalue weighted by Crippen LogP contribution is -2.53. The number of primary amides is 1. The molecule has 1 aromatic carbocycles. The number of nitrogens with zero attached hydrogens (tertiary/aromatic N) is 2. The number of carbonyl (C=O) groups is 2. The molecule has 1 aliphatic heterocycles. The van der Waals surface area contributed by atoms with E-state index in [1.54, 1.807) is 0 Å². The Morgan fingerprint density at radius 1 is 1.14 bits per heavy atom. The number of likely N-dealkylation sites (tertiary alicyclic amines) is 1. The maximum atomic E-state index is 15.2. The number of fused-ring (bicyclic) bond motifs is 1. The van der Waals surface area contributed by atoms with Gasteiger partial charge in [-0.15, -0.1) is 0 Å². The SMILES string of the molecule is NC(=O)C1CC2CC2([C@@H](c2cc(F)c(Cl)cc2F)C2CC2)N1C(=O)c1ccnc(S(=O)(=O)C2CC2)c1. The van der Waals surface area contributed by atoms with Crippen molar-refractivity contribution >= 4 is 33.3 Å².